The van der Waals surface area contributed by atoms with E-state index in [4.69, 9.17) is 0 Å². The van der Waals surface area contributed by atoms with E-state index < -0.39 is 0 Å². The van der Waals surface area contributed by atoms with E-state index in [-0.39, 0.29) is 5.50 Å². The van der Waals surface area contributed by atoms with Gasteiger partial charge in [0.2, 0.25) is 0 Å². The van der Waals surface area contributed by atoms with Gasteiger partial charge in [0.05, 0.1) is 0 Å². The highest BCUT2D eigenvalue weighted by molar-refractivity contribution is 7.99. The smallest absolute Gasteiger partial charge is 0.167 e. The van der Waals surface area contributed by atoms with Crippen LogP contribution in [0, 0.1) is 0 Å². The first kappa shape index (κ1) is 10.4. The van der Waals surface area contributed by atoms with Gasteiger partial charge >= 0.3 is 0 Å². The summed E-state index contributed by atoms with van der Waals surface area (Å²) in [5.74, 6) is 1.07. The van der Waals surface area contributed by atoms with Gasteiger partial charge in [0.1, 0.15) is 5.82 Å². The van der Waals surface area contributed by atoms with Crippen LogP contribution >= 0.6 is 11.8 Å². The van der Waals surface area contributed by atoms with Crippen molar-refractivity contribution in [2.24, 2.45) is 4.99 Å². The van der Waals surface area contributed by atoms with Gasteiger partial charge in [-0.1, -0.05) is 0 Å². The van der Waals surface area contributed by atoms with E-state index in [0.717, 1.165) is 11.5 Å². The summed E-state index contributed by atoms with van der Waals surface area (Å²) in [4.78, 5) is 4.41. The molecule has 1 rings (SSSR count). The molecule has 0 bridgehead atoms. The highest BCUT2D eigenvalue weighted by atomic mass is 32.2. The Kier molecular flexibility index (Phi) is 3.66. The van der Waals surface area contributed by atoms with E-state index in [1.807, 2.05) is 19.3 Å². The number of nitrogens with zero attached hydrogens (tertiary/aromatic N) is 1. The summed E-state index contributed by atoms with van der Waals surface area (Å²) in [6.07, 6.45) is 4.08. The van der Waals surface area contributed by atoms with Crippen LogP contribution in [0.15, 0.2) is 16.9 Å². The minimum absolute atomic E-state index is 0.159. The second-order valence-corrected chi connectivity index (χ2v) is 4.28. The van der Waals surface area contributed by atoms with E-state index >= 15 is 0 Å². The molecule has 4 heteroatoms. The number of hydrogen-bond acceptors (Lipinski definition) is 4. The summed E-state index contributed by atoms with van der Waals surface area (Å²) >= 11 is 1.70. The summed E-state index contributed by atoms with van der Waals surface area (Å²) in [6.45, 7) is 6.27. The van der Waals surface area contributed by atoms with Crippen molar-refractivity contribution in [3.63, 3.8) is 0 Å². The zero-order valence-electron chi connectivity index (χ0n) is 8.59. The second kappa shape index (κ2) is 4.56. The van der Waals surface area contributed by atoms with Gasteiger partial charge in [0.25, 0.3) is 0 Å². The first-order chi connectivity index (χ1) is 6.11. The Bertz CT molecular complexity index is 233. The average molecular weight is 199 g/mol. The molecule has 0 aromatic heterocycles. The normalized spacial score (nSPS) is 22.1. The first-order valence-corrected chi connectivity index (χ1v) is 5.72. The van der Waals surface area contributed by atoms with E-state index in [1.54, 1.807) is 11.8 Å². The van der Waals surface area contributed by atoms with E-state index in [2.05, 4.69) is 29.5 Å². The van der Waals surface area contributed by atoms with E-state index in [9.17, 15) is 0 Å². The Morgan fingerprint density at radius 3 is 2.85 bits per heavy atom. The van der Waals surface area contributed by atoms with Gasteiger partial charge in [0, 0.05) is 11.8 Å². The second-order valence-electron chi connectivity index (χ2n) is 3.36. The van der Waals surface area contributed by atoms with Gasteiger partial charge in [-0.2, -0.15) is 0 Å². The van der Waals surface area contributed by atoms with Gasteiger partial charge in [-0.15, -0.1) is 11.8 Å². The Labute approximate surface area is 84.1 Å². The maximum atomic E-state index is 4.41. The van der Waals surface area contributed by atoms with Crippen LogP contribution in [0.25, 0.3) is 0 Å². The fraction of sp³-hybridized carbons (Fsp3) is 0.667. The number of thioether (sulfide) groups is 1. The molecule has 0 aromatic rings. The van der Waals surface area contributed by atoms with Crippen LogP contribution in [-0.4, -0.2) is 23.5 Å². The molecule has 1 aliphatic rings. The molecule has 0 saturated carbocycles. The predicted octanol–water partition coefficient (Wildman–Crippen LogP) is 1.54. The molecule has 1 unspecified atom stereocenters. The monoisotopic (exact) mass is 199 g/mol. The molecular weight excluding hydrogens is 182 g/mol. The molecule has 0 aromatic carbocycles. The molecule has 1 aliphatic heterocycles. The topological polar surface area (TPSA) is 36.4 Å². The van der Waals surface area contributed by atoms with Gasteiger partial charge in [-0.25, -0.2) is 0 Å². The summed E-state index contributed by atoms with van der Waals surface area (Å²) in [7, 11) is 0. The van der Waals surface area contributed by atoms with Crippen LogP contribution in [0.1, 0.15) is 20.8 Å². The number of allylic oxidation sites excluding steroid dienone is 1. The first-order valence-electron chi connectivity index (χ1n) is 4.44. The largest absolute Gasteiger partial charge is 0.370 e. The molecule has 0 fully saturated rings. The Morgan fingerprint density at radius 1 is 1.62 bits per heavy atom. The molecule has 0 radical (unpaired) electrons. The van der Waals surface area contributed by atoms with Crippen LogP contribution in [0.3, 0.4) is 0 Å². The Balaban J connectivity index is 2.61. The minimum atomic E-state index is 0.159. The van der Waals surface area contributed by atoms with E-state index in [0.29, 0.717) is 6.04 Å². The van der Waals surface area contributed by atoms with Crippen molar-refractivity contribution < 1.29 is 0 Å². The van der Waals surface area contributed by atoms with Gasteiger partial charge < -0.3 is 10.6 Å². The van der Waals surface area contributed by atoms with Crippen molar-refractivity contribution in [1.82, 2.24) is 10.6 Å². The van der Waals surface area contributed by atoms with Crippen molar-refractivity contribution in [2.45, 2.75) is 32.3 Å². The number of rotatable bonds is 3. The summed E-state index contributed by atoms with van der Waals surface area (Å²) in [6, 6.07) is 0.451. The lowest BCUT2D eigenvalue weighted by Gasteiger charge is -2.23. The van der Waals surface area contributed by atoms with Crippen LogP contribution in [0.5, 0.6) is 0 Å². The molecular formula is C9H17N3S. The fourth-order valence-corrected chi connectivity index (χ4v) is 1.66. The van der Waals surface area contributed by atoms with Crippen molar-refractivity contribution in [3.05, 3.63) is 11.9 Å². The molecule has 0 aliphatic carbocycles. The molecule has 0 spiro atoms. The summed E-state index contributed by atoms with van der Waals surface area (Å²) in [5, 5.41) is 6.62. The molecule has 2 N–H and O–H groups in total. The van der Waals surface area contributed by atoms with Crippen LogP contribution in [0.2, 0.25) is 0 Å². The lowest BCUT2D eigenvalue weighted by atomic mass is 10.3. The lowest BCUT2D eigenvalue weighted by molar-refractivity contribution is 0.596. The molecule has 3 nitrogen and oxygen atoms in total. The Morgan fingerprint density at radius 2 is 2.31 bits per heavy atom. The standard InChI is InChI=1S/C9H17N3S/c1-6(2)10-8-5-7(3)11-9(12-8)13-4/h5-6,9-10,12H,1-4H3. The van der Waals surface area contributed by atoms with Gasteiger partial charge in [-0.3, -0.25) is 4.99 Å². The maximum Gasteiger partial charge on any atom is 0.167 e. The minimum Gasteiger partial charge on any atom is -0.370 e. The van der Waals surface area contributed by atoms with E-state index in [1.165, 1.54) is 0 Å². The van der Waals surface area contributed by atoms with Crippen LogP contribution in [0.4, 0.5) is 0 Å². The number of aliphatic imine (C=N–C) groups is 1. The third-order valence-electron chi connectivity index (χ3n) is 1.62. The lowest BCUT2D eigenvalue weighted by Crippen LogP contribution is -2.38. The van der Waals surface area contributed by atoms with Crippen molar-refractivity contribution >= 4 is 17.5 Å². The molecule has 13 heavy (non-hydrogen) atoms. The molecule has 74 valence electrons. The number of nitrogens with one attached hydrogen (secondary N) is 2. The van der Waals surface area contributed by atoms with Crippen molar-refractivity contribution in [3.8, 4) is 0 Å². The highest BCUT2D eigenvalue weighted by Gasteiger charge is 2.11. The fourth-order valence-electron chi connectivity index (χ4n) is 1.14. The molecule has 1 heterocycles. The SMILES string of the molecule is CSC1N=C(C)C=C(NC(C)C)N1. The van der Waals surface area contributed by atoms with Crippen LogP contribution in [-0.2, 0) is 0 Å². The average Bonchev–Trinajstić information content (AvgIpc) is 2.01. The van der Waals surface area contributed by atoms with Crippen LogP contribution < -0.4 is 10.6 Å². The predicted molar refractivity (Wildman–Crippen MR) is 59.9 cm³/mol. The number of hydrogen-bond donors (Lipinski definition) is 2. The summed E-state index contributed by atoms with van der Waals surface area (Å²) < 4.78 is 0. The molecule has 0 saturated heterocycles. The van der Waals surface area contributed by atoms with Crippen molar-refractivity contribution in [2.75, 3.05) is 6.26 Å². The third kappa shape index (κ3) is 3.30. The maximum absolute atomic E-state index is 4.41. The summed E-state index contributed by atoms with van der Waals surface area (Å²) in [5.41, 5.74) is 1.23. The quantitative estimate of drug-likeness (QED) is 0.724. The molecule has 1 atom stereocenters. The zero-order chi connectivity index (χ0) is 9.84. The van der Waals surface area contributed by atoms with Crippen molar-refractivity contribution in [1.29, 1.82) is 0 Å². The third-order valence-corrected chi connectivity index (χ3v) is 2.29. The highest BCUT2D eigenvalue weighted by Crippen LogP contribution is 2.11. The zero-order valence-corrected chi connectivity index (χ0v) is 9.40. The molecule has 0 amide bonds. The Hall–Kier alpha value is -0.640. The van der Waals surface area contributed by atoms with Gasteiger partial charge in [0.15, 0.2) is 5.50 Å². The van der Waals surface area contributed by atoms with Gasteiger partial charge in [-0.05, 0) is 33.1 Å².